The first-order chi connectivity index (χ1) is 15.9. The first kappa shape index (κ1) is 23.6. The molecule has 3 aromatic rings. The molecule has 1 unspecified atom stereocenters. The number of hydrogen-bond acceptors (Lipinski definition) is 4. The molecule has 1 heterocycles. The van der Waals surface area contributed by atoms with Crippen LogP contribution in [0.5, 0.6) is 0 Å². The molecule has 0 fully saturated rings. The van der Waals surface area contributed by atoms with Gasteiger partial charge in [0.15, 0.2) is 5.76 Å². The average molecular weight is 455 g/mol. The monoisotopic (exact) mass is 455 g/mol. The predicted octanol–water partition coefficient (Wildman–Crippen LogP) is 3.39. The van der Waals surface area contributed by atoms with Gasteiger partial charge in [-0.3, -0.25) is 14.4 Å². The molecule has 0 bridgehead atoms. The van der Waals surface area contributed by atoms with Crippen molar-refractivity contribution >= 4 is 23.4 Å². The predicted molar refractivity (Wildman–Crippen MR) is 117 cm³/mol. The molecule has 2 aromatic carbocycles. The topological polar surface area (TPSA) is 91.7 Å². The minimum Gasteiger partial charge on any atom is -0.459 e. The molecule has 0 saturated heterocycles. The second-order valence-electron chi connectivity index (χ2n) is 7.19. The Morgan fingerprint density at radius 2 is 1.67 bits per heavy atom. The van der Waals surface area contributed by atoms with Crippen LogP contribution in [0.2, 0.25) is 0 Å². The Kier molecular flexibility index (Phi) is 7.91. The summed E-state index contributed by atoms with van der Waals surface area (Å²) in [6.45, 7) is 1.34. The molecular weight excluding hydrogens is 432 g/mol. The average Bonchev–Trinajstić information content (AvgIpc) is 3.35. The van der Waals surface area contributed by atoms with Crippen molar-refractivity contribution in [2.75, 3.05) is 18.4 Å². The van der Waals surface area contributed by atoms with Crippen LogP contribution in [0, 0.1) is 11.6 Å². The molecule has 0 spiro atoms. The van der Waals surface area contributed by atoms with E-state index in [0.29, 0.717) is 0 Å². The van der Waals surface area contributed by atoms with Crippen molar-refractivity contribution in [3.05, 3.63) is 89.9 Å². The van der Waals surface area contributed by atoms with Crippen molar-refractivity contribution in [1.29, 1.82) is 0 Å². The molecule has 0 aliphatic rings. The van der Waals surface area contributed by atoms with Crippen molar-refractivity contribution in [2.45, 2.75) is 19.4 Å². The van der Waals surface area contributed by atoms with E-state index < -0.39 is 47.6 Å². The highest BCUT2D eigenvalue weighted by Crippen LogP contribution is 2.18. The van der Waals surface area contributed by atoms with Gasteiger partial charge in [0.1, 0.15) is 23.4 Å². The van der Waals surface area contributed by atoms with Crippen LogP contribution in [0.15, 0.2) is 71.3 Å². The van der Waals surface area contributed by atoms with E-state index in [1.165, 1.54) is 23.3 Å². The third kappa shape index (κ3) is 6.25. The molecule has 0 aliphatic heterocycles. The second kappa shape index (κ2) is 11.0. The quantitative estimate of drug-likeness (QED) is 0.518. The lowest BCUT2D eigenvalue weighted by Gasteiger charge is -2.26. The van der Waals surface area contributed by atoms with Gasteiger partial charge >= 0.3 is 0 Å². The molecule has 3 rings (SSSR count). The maximum atomic E-state index is 13.8. The normalized spacial score (nSPS) is 11.5. The van der Waals surface area contributed by atoms with Gasteiger partial charge in [-0.05, 0) is 36.8 Å². The SMILES string of the molecule is CCN(CC(=O)Nc1c(F)cccc1F)C(=O)C(Cc1ccccc1)NC(=O)c1ccco1. The van der Waals surface area contributed by atoms with Gasteiger partial charge in [-0.2, -0.15) is 0 Å². The zero-order valence-corrected chi connectivity index (χ0v) is 17.9. The molecule has 2 N–H and O–H groups in total. The second-order valence-corrected chi connectivity index (χ2v) is 7.19. The third-order valence-electron chi connectivity index (χ3n) is 4.89. The Morgan fingerprint density at radius 3 is 2.27 bits per heavy atom. The summed E-state index contributed by atoms with van der Waals surface area (Å²) in [5, 5.41) is 4.81. The van der Waals surface area contributed by atoms with Gasteiger partial charge in [-0.1, -0.05) is 36.4 Å². The number of furan rings is 1. The van der Waals surface area contributed by atoms with Crippen molar-refractivity contribution in [2.24, 2.45) is 0 Å². The molecule has 0 saturated carbocycles. The summed E-state index contributed by atoms with van der Waals surface area (Å²) in [4.78, 5) is 39.4. The Hall–Kier alpha value is -4.01. The Morgan fingerprint density at radius 1 is 0.970 bits per heavy atom. The van der Waals surface area contributed by atoms with Crippen LogP contribution < -0.4 is 10.6 Å². The third-order valence-corrected chi connectivity index (χ3v) is 4.89. The fraction of sp³-hybridized carbons (Fsp3) is 0.208. The lowest BCUT2D eigenvalue weighted by molar-refractivity contribution is -0.136. The van der Waals surface area contributed by atoms with Gasteiger partial charge in [0, 0.05) is 13.0 Å². The first-order valence-electron chi connectivity index (χ1n) is 10.3. The first-order valence-corrected chi connectivity index (χ1v) is 10.3. The number of likely N-dealkylation sites (N-methyl/N-ethyl adjacent to an activating group) is 1. The van der Waals surface area contributed by atoms with Crippen molar-refractivity contribution in [3.63, 3.8) is 0 Å². The largest absolute Gasteiger partial charge is 0.459 e. The molecule has 9 heteroatoms. The maximum Gasteiger partial charge on any atom is 0.287 e. The Balaban J connectivity index is 1.75. The number of para-hydroxylation sites is 1. The lowest BCUT2D eigenvalue weighted by Crippen LogP contribution is -2.51. The van der Waals surface area contributed by atoms with Crippen LogP contribution in [0.1, 0.15) is 23.0 Å². The van der Waals surface area contributed by atoms with E-state index >= 15 is 0 Å². The number of anilines is 1. The fourth-order valence-electron chi connectivity index (χ4n) is 3.22. The Labute approximate surface area is 189 Å². The molecular formula is C24H23F2N3O4. The summed E-state index contributed by atoms with van der Waals surface area (Å²) in [6, 6.07) is 14.3. The molecule has 33 heavy (non-hydrogen) atoms. The van der Waals surface area contributed by atoms with Crippen LogP contribution in [0.25, 0.3) is 0 Å². The number of benzene rings is 2. The summed E-state index contributed by atoms with van der Waals surface area (Å²) < 4.78 is 32.8. The summed E-state index contributed by atoms with van der Waals surface area (Å²) in [6.07, 6.45) is 1.51. The highest BCUT2D eigenvalue weighted by Gasteiger charge is 2.28. The molecule has 0 radical (unpaired) electrons. The fourth-order valence-corrected chi connectivity index (χ4v) is 3.22. The minimum absolute atomic E-state index is 0.0386. The summed E-state index contributed by atoms with van der Waals surface area (Å²) in [5.74, 6) is -3.69. The molecule has 1 atom stereocenters. The summed E-state index contributed by atoms with van der Waals surface area (Å²) in [7, 11) is 0. The molecule has 3 amide bonds. The van der Waals surface area contributed by atoms with E-state index in [1.54, 1.807) is 25.1 Å². The van der Waals surface area contributed by atoms with Gasteiger partial charge in [-0.15, -0.1) is 0 Å². The maximum absolute atomic E-state index is 13.8. The number of hydrogen-bond donors (Lipinski definition) is 2. The minimum atomic E-state index is -0.997. The number of nitrogens with zero attached hydrogens (tertiary/aromatic N) is 1. The summed E-state index contributed by atoms with van der Waals surface area (Å²) >= 11 is 0. The Bertz CT molecular complexity index is 1080. The zero-order chi connectivity index (χ0) is 23.8. The van der Waals surface area contributed by atoms with E-state index in [4.69, 9.17) is 4.42 Å². The molecule has 7 nitrogen and oxygen atoms in total. The van der Waals surface area contributed by atoms with Crippen molar-refractivity contribution in [1.82, 2.24) is 10.2 Å². The van der Waals surface area contributed by atoms with Crippen LogP contribution in [-0.2, 0) is 16.0 Å². The number of halogens is 2. The highest BCUT2D eigenvalue weighted by atomic mass is 19.1. The van der Waals surface area contributed by atoms with Crippen LogP contribution in [0.3, 0.4) is 0 Å². The number of rotatable bonds is 9. The van der Waals surface area contributed by atoms with E-state index in [1.807, 2.05) is 18.2 Å². The van der Waals surface area contributed by atoms with E-state index in [0.717, 1.165) is 17.7 Å². The highest BCUT2D eigenvalue weighted by molar-refractivity contribution is 5.98. The van der Waals surface area contributed by atoms with Crippen molar-refractivity contribution in [3.8, 4) is 0 Å². The molecule has 1 aromatic heterocycles. The number of nitrogens with one attached hydrogen (secondary N) is 2. The summed E-state index contributed by atoms with van der Waals surface area (Å²) in [5.41, 5.74) is 0.211. The van der Waals surface area contributed by atoms with Crippen LogP contribution >= 0.6 is 0 Å². The smallest absolute Gasteiger partial charge is 0.287 e. The van der Waals surface area contributed by atoms with E-state index in [-0.39, 0.29) is 18.7 Å². The van der Waals surface area contributed by atoms with Gasteiger partial charge in [-0.25, -0.2) is 8.78 Å². The standard InChI is InChI=1S/C24H23F2N3O4/c1-2-29(15-21(30)28-22-17(25)10-6-11-18(22)26)24(32)19(14-16-8-4-3-5-9-16)27-23(31)20-12-7-13-33-20/h3-13,19H,2,14-15H2,1H3,(H,27,31)(H,28,30). The van der Waals surface area contributed by atoms with Gasteiger partial charge in [0.05, 0.1) is 12.8 Å². The number of amides is 3. The number of carbonyl (C=O) groups excluding carboxylic acids is 3. The van der Waals surface area contributed by atoms with Crippen molar-refractivity contribution < 1.29 is 27.6 Å². The molecule has 172 valence electrons. The van der Waals surface area contributed by atoms with Gasteiger partial charge < -0.3 is 20.0 Å². The molecule has 0 aliphatic carbocycles. The van der Waals surface area contributed by atoms with E-state index in [9.17, 15) is 23.2 Å². The van der Waals surface area contributed by atoms with Crippen LogP contribution in [-0.4, -0.2) is 41.8 Å². The lowest BCUT2D eigenvalue weighted by atomic mass is 10.0. The van der Waals surface area contributed by atoms with Gasteiger partial charge in [0.25, 0.3) is 5.91 Å². The number of carbonyl (C=O) groups is 3. The van der Waals surface area contributed by atoms with E-state index in [2.05, 4.69) is 10.6 Å². The van der Waals surface area contributed by atoms with Crippen LogP contribution in [0.4, 0.5) is 14.5 Å². The zero-order valence-electron chi connectivity index (χ0n) is 17.9. The van der Waals surface area contributed by atoms with Gasteiger partial charge in [0.2, 0.25) is 11.8 Å².